The Morgan fingerprint density at radius 3 is 2.62 bits per heavy atom. The quantitative estimate of drug-likeness (QED) is 0.366. The first-order chi connectivity index (χ1) is 13.6. The Hall–Kier alpha value is -2.09. The number of carbonyl (C=O) groups excluding carboxylic acids is 1. The molecule has 1 aliphatic rings. The summed E-state index contributed by atoms with van der Waals surface area (Å²) < 4.78 is 0. The molecule has 1 aliphatic heterocycles. The van der Waals surface area contributed by atoms with Crippen molar-refractivity contribution in [1.29, 1.82) is 0 Å². The first-order valence-electron chi connectivity index (χ1n) is 10.1. The second-order valence-corrected chi connectivity index (χ2v) is 7.46. The number of primary amides is 1. The van der Waals surface area contributed by atoms with E-state index in [-0.39, 0.29) is 24.0 Å². The molecule has 156 valence electrons. The molecule has 2 atom stereocenters. The van der Waals surface area contributed by atoms with E-state index < -0.39 is 5.91 Å². The summed E-state index contributed by atoms with van der Waals surface area (Å²) >= 11 is 0. The number of carbonyl (C=O) groups is 1. The predicted molar refractivity (Wildman–Crippen MR) is 130 cm³/mol. The molecule has 0 aromatic heterocycles. The van der Waals surface area contributed by atoms with Gasteiger partial charge in [0.15, 0.2) is 5.96 Å². The van der Waals surface area contributed by atoms with Crippen LogP contribution in [0.3, 0.4) is 0 Å². The van der Waals surface area contributed by atoms with Crippen LogP contribution in [0.4, 0.5) is 0 Å². The maximum Gasteiger partial charge on any atom is 0.248 e. The van der Waals surface area contributed by atoms with E-state index in [0.717, 1.165) is 37.6 Å². The predicted octanol–water partition coefficient (Wildman–Crippen LogP) is 3.99. The first kappa shape index (κ1) is 23.2. The molecule has 3 rings (SSSR count). The zero-order valence-electron chi connectivity index (χ0n) is 17.2. The number of piperidine rings is 1. The SMILES string of the molecule is CCNC(=NCc1cccc(C(N)=O)c1)N1CCC(c2ccccc2)C(C)C1.I. The Morgan fingerprint density at radius 1 is 1.21 bits per heavy atom. The van der Waals surface area contributed by atoms with Gasteiger partial charge in [0.1, 0.15) is 0 Å². The van der Waals surface area contributed by atoms with Crippen molar-refractivity contribution in [2.24, 2.45) is 16.6 Å². The Bertz CT molecular complexity index is 825. The number of rotatable bonds is 5. The third kappa shape index (κ3) is 6.19. The minimum atomic E-state index is -0.408. The monoisotopic (exact) mass is 506 g/mol. The van der Waals surface area contributed by atoms with Crippen LogP contribution in [0.15, 0.2) is 59.6 Å². The van der Waals surface area contributed by atoms with Crippen LogP contribution in [0.5, 0.6) is 0 Å². The van der Waals surface area contributed by atoms with Crippen LogP contribution in [-0.2, 0) is 6.54 Å². The number of guanidine groups is 1. The number of benzene rings is 2. The van der Waals surface area contributed by atoms with Gasteiger partial charge in [-0.1, -0.05) is 49.4 Å². The summed E-state index contributed by atoms with van der Waals surface area (Å²) in [6, 6.07) is 18.2. The van der Waals surface area contributed by atoms with Crippen LogP contribution in [0, 0.1) is 5.92 Å². The normalized spacial score (nSPS) is 19.4. The largest absolute Gasteiger partial charge is 0.366 e. The number of halogens is 1. The molecule has 3 N–H and O–H groups in total. The van der Waals surface area contributed by atoms with E-state index in [9.17, 15) is 4.79 Å². The third-order valence-corrected chi connectivity index (χ3v) is 5.39. The molecule has 0 bridgehead atoms. The molecule has 6 heteroatoms. The van der Waals surface area contributed by atoms with Gasteiger partial charge in [0.2, 0.25) is 5.91 Å². The van der Waals surface area contributed by atoms with Gasteiger partial charge in [-0.3, -0.25) is 4.79 Å². The van der Waals surface area contributed by atoms with Gasteiger partial charge in [-0.05, 0) is 48.4 Å². The number of hydrogen-bond donors (Lipinski definition) is 2. The van der Waals surface area contributed by atoms with Gasteiger partial charge in [-0.2, -0.15) is 0 Å². The van der Waals surface area contributed by atoms with Crippen molar-refractivity contribution < 1.29 is 4.79 Å². The zero-order chi connectivity index (χ0) is 19.9. The van der Waals surface area contributed by atoms with Gasteiger partial charge in [0.25, 0.3) is 0 Å². The molecule has 2 unspecified atom stereocenters. The van der Waals surface area contributed by atoms with Crippen LogP contribution in [0.1, 0.15) is 47.7 Å². The van der Waals surface area contributed by atoms with Crippen molar-refractivity contribution >= 4 is 35.8 Å². The second kappa shape index (κ2) is 11.2. The second-order valence-electron chi connectivity index (χ2n) is 7.46. The van der Waals surface area contributed by atoms with E-state index in [1.807, 2.05) is 18.2 Å². The Morgan fingerprint density at radius 2 is 1.97 bits per heavy atom. The van der Waals surface area contributed by atoms with Crippen LogP contribution in [-0.4, -0.2) is 36.4 Å². The lowest BCUT2D eigenvalue weighted by molar-refractivity contribution is 0.1000. The fourth-order valence-electron chi connectivity index (χ4n) is 3.95. The minimum Gasteiger partial charge on any atom is -0.366 e. The molecular weight excluding hydrogens is 475 g/mol. The third-order valence-electron chi connectivity index (χ3n) is 5.39. The summed E-state index contributed by atoms with van der Waals surface area (Å²) in [5.41, 5.74) is 8.32. The van der Waals surface area contributed by atoms with Gasteiger partial charge in [-0.15, -0.1) is 24.0 Å². The van der Waals surface area contributed by atoms with E-state index in [4.69, 9.17) is 10.7 Å². The summed E-state index contributed by atoms with van der Waals surface area (Å²) in [6.45, 7) is 7.72. The number of aliphatic imine (C=N–C) groups is 1. The molecular formula is C23H31IN4O. The van der Waals surface area contributed by atoms with E-state index in [1.54, 1.807) is 6.07 Å². The molecule has 5 nitrogen and oxygen atoms in total. The van der Waals surface area contributed by atoms with E-state index in [0.29, 0.717) is 23.9 Å². The fourth-order valence-corrected chi connectivity index (χ4v) is 3.95. The highest BCUT2D eigenvalue weighted by atomic mass is 127. The Kier molecular flexibility index (Phi) is 8.95. The van der Waals surface area contributed by atoms with Gasteiger partial charge in [0, 0.05) is 25.2 Å². The highest BCUT2D eigenvalue weighted by Gasteiger charge is 2.28. The molecule has 2 aromatic rings. The summed E-state index contributed by atoms with van der Waals surface area (Å²) in [5, 5.41) is 3.42. The average molecular weight is 506 g/mol. The molecule has 1 saturated heterocycles. The number of amides is 1. The van der Waals surface area contributed by atoms with Crippen LogP contribution < -0.4 is 11.1 Å². The van der Waals surface area contributed by atoms with Gasteiger partial charge < -0.3 is 16.0 Å². The lowest BCUT2D eigenvalue weighted by atomic mass is 9.82. The van der Waals surface area contributed by atoms with Gasteiger partial charge in [0.05, 0.1) is 6.54 Å². The van der Waals surface area contributed by atoms with E-state index in [2.05, 4.69) is 54.4 Å². The number of nitrogens with one attached hydrogen (secondary N) is 1. The Balaban J connectivity index is 0.00000300. The standard InChI is InChI=1S/C23H30N4O.HI/c1-3-25-23(26-15-18-8-7-11-20(14-18)22(24)28)27-13-12-21(17(2)16-27)19-9-5-4-6-10-19;/h4-11,14,17,21H,3,12-13,15-16H2,1-2H3,(H2,24,28)(H,25,26);1H. The molecule has 0 spiro atoms. The smallest absolute Gasteiger partial charge is 0.248 e. The maximum atomic E-state index is 11.4. The lowest BCUT2D eigenvalue weighted by Crippen LogP contribution is -2.48. The van der Waals surface area contributed by atoms with Crippen LogP contribution in [0.2, 0.25) is 0 Å². The number of hydrogen-bond acceptors (Lipinski definition) is 2. The zero-order valence-corrected chi connectivity index (χ0v) is 19.5. The molecule has 1 amide bonds. The van der Waals surface area contributed by atoms with Crippen molar-refractivity contribution in [3.8, 4) is 0 Å². The topological polar surface area (TPSA) is 70.7 Å². The molecule has 1 fully saturated rings. The van der Waals surface area contributed by atoms with E-state index in [1.165, 1.54) is 5.56 Å². The number of nitrogens with two attached hydrogens (primary N) is 1. The highest BCUT2D eigenvalue weighted by Crippen LogP contribution is 2.32. The molecule has 29 heavy (non-hydrogen) atoms. The van der Waals surface area contributed by atoms with Crippen LogP contribution in [0.25, 0.3) is 0 Å². The lowest BCUT2D eigenvalue weighted by Gasteiger charge is -2.39. The minimum absolute atomic E-state index is 0. The summed E-state index contributed by atoms with van der Waals surface area (Å²) in [4.78, 5) is 18.6. The highest BCUT2D eigenvalue weighted by molar-refractivity contribution is 14.0. The molecule has 0 radical (unpaired) electrons. The van der Waals surface area contributed by atoms with Crippen LogP contribution >= 0.6 is 24.0 Å². The van der Waals surface area contributed by atoms with Gasteiger partial charge >= 0.3 is 0 Å². The van der Waals surface area contributed by atoms with Crippen molar-refractivity contribution in [1.82, 2.24) is 10.2 Å². The summed E-state index contributed by atoms with van der Waals surface area (Å²) in [5.74, 6) is 1.67. The molecule has 2 aromatic carbocycles. The summed E-state index contributed by atoms with van der Waals surface area (Å²) in [6.07, 6.45) is 1.12. The molecule has 1 heterocycles. The number of likely N-dealkylation sites (tertiary alicyclic amines) is 1. The molecule has 0 saturated carbocycles. The van der Waals surface area contributed by atoms with E-state index >= 15 is 0 Å². The van der Waals surface area contributed by atoms with Gasteiger partial charge in [-0.25, -0.2) is 4.99 Å². The van der Waals surface area contributed by atoms with Crippen molar-refractivity contribution in [3.05, 3.63) is 71.3 Å². The first-order valence-corrected chi connectivity index (χ1v) is 10.1. The van der Waals surface area contributed by atoms with Crippen molar-refractivity contribution in [3.63, 3.8) is 0 Å². The van der Waals surface area contributed by atoms with Crippen molar-refractivity contribution in [2.75, 3.05) is 19.6 Å². The Labute approximate surface area is 190 Å². The van der Waals surface area contributed by atoms with Crippen molar-refractivity contribution in [2.45, 2.75) is 32.7 Å². The maximum absolute atomic E-state index is 11.4. The average Bonchev–Trinajstić information content (AvgIpc) is 2.72. The molecule has 0 aliphatic carbocycles. The summed E-state index contributed by atoms with van der Waals surface area (Å²) in [7, 11) is 0. The fraction of sp³-hybridized carbons (Fsp3) is 0.391. The number of nitrogens with zero attached hydrogens (tertiary/aromatic N) is 2.